The van der Waals surface area contributed by atoms with Gasteiger partial charge in [0.15, 0.2) is 0 Å². The molecule has 0 rings (SSSR count). The smallest absolute Gasteiger partial charge is 0.108 e. The average Bonchev–Trinajstić information content (AvgIpc) is 1.98. The highest BCUT2D eigenvalue weighted by Crippen LogP contribution is 1.96. The molecule has 0 aliphatic carbocycles. The molecule has 0 fully saturated rings. The third-order valence-corrected chi connectivity index (χ3v) is 2.25. The van der Waals surface area contributed by atoms with Gasteiger partial charge < -0.3 is 4.74 Å². The summed E-state index contributed by atoms with van der Waals surface area (Å²) < 4.78 is 5.18. The highest BCUT2D eigenvalue weighted by atomic mass is 28.2. The number of hydrogen-bond acceptors (Lipinski definition) is 1. The number of ether oxygens (including phenoxy) is 1. The van der Waals surface area contributed by atoms with E-state index in [4.69, 9.17) is 4.74 Å². The van der Waals surface area contributed by atoms with Gasteiger partial charge in [0.25, 0.3) is 0 Å². The quantitative estimate of drug-likeness (QED) is 0.433. The first kappa shape index (κ1) is 9.66. The second-order valence-corrected chi connectivity index (χ2v) is 3.29. The molecule has 0 aromatic rings. The molecule has 0 aromatic carbocycles. The first-order chi connectivity index (χ1) is 4.85. The lowest BCUT2D eigenvalue weighted by Gasteiger charge is -2.08. The van der Waals surface area contributed by atoms with Gasteiger partial charge in [0.2, 0.25) is 0 Å². The van der Waals surface area contributed by atoms with Gasteiger partial charge in [-0.2, -0.15) is 0 Å². The molecule has 1 nitrogen and oxygen atoms in total. The molecular weight excluding hydrogens is 140 g/mol. The summed E-state index contributed by atoms with van der Waals surface area (Å²) in [6.07, 6.45) is 5.15. The first-order valence-corrected chi connectivity index (χ1v) is 4.51. The van der Waals surface area contributed by atoms with Crippen LogP contribution in [-0.4, -0.2) is 22.4 Å². The zero-order valence-corrected chi connectivity index (χ0v) is 7.63. The highest BCUT2D eigenvalue weighted by molar-refractivity contribution is 6.43. The molecule has 2 radical (unpaired) electrons. The number of rotatable bonds is 5. The van der Waals surface area contributed by atoms with Gasteiger partial charge in [-0.15, -0.1) is 12.3 Å². The number of allylic oxidation sites excluding steroid dienone is 1. The fourth-order valence-corrected chi connectivity index (χ4v) is 1.29. The van der Waals surface area contributed by atoms with Crippen LogP contribution in [0, 0.1) is 0 Å². The van der Waals surface area contributed by atoms with Crippen LogP contribution in [0.5, 0.6) is 0 Å². The van der Waals surface area contributed by atoms with Crippen LogP contribution in [-0.2, 0) is 4.74 Å². The van der Waals surface area contributed by atoms with Crippen molar-refractivity contribution in [2.45, 2.75) is 19.1 Å². The fourth-order valence-electron chi connectivity index (χ4n) is 0.623. The Morgan fingerprint density at radius 2 is 2.40 bits per heavy atom. The van der Waals surface area contributed by atoms with Crippen molar-refractivity contribution in [1.29, 1.82) is 0 Å². The van der Waals surface area contributed by atoms with Gasteiger partial charge in [-0.25, -0.2) is 0 Å². The van der Waals surface area contributed by atoms with Crippen LogP contribution in [0.1, 0.15) is 13.3 Å². The molecule has 0 saturated carbocycles. The van der Waals surface area contributed by atoms with Crippen molar-refractivity contribution in [1.82, 2.24) is 0 Å². The summed E-state index contributed by atoms with van der Waals surface area (Å²) in [6.45, 7) is 5.68. The molecule has 0 aliphatic rings. The molecule has 0 saturated heterocycles. The molecule has 0 bridgehead atoms. The Morgan fingerprint density at radius 3 is 2.80 bits per heavy atom. The Hall–Kier alpha value is -0.343. The van der Waals surface area contributed by atoms with E-state index in [-0.39, 0.29) is 0 Å². The van der Waals surface area contributed by atoms with Crippen LogP contribution < -0.4 is 0 Å². The minimum Gasteiger partial charge on any atom is -0.385 e. The molecular formula is C8H14OSi. The monoisotopic (exact) mass is 154 g/mol. The summed E-state index contributed by atoms with van der Waals surface area (Å²) in [5, 5.41) is 0. The molecule has 0 aromatic heterocycles. The van der Waals surface area contributed by atoms with Crippen molar-refractivity contribution in [3.8, 4) is 0 Å². The third-order valence-electron chi connectivity index (χ3n) is 1.17. The van der Waals surface area contributed by atoms with Crippen LogP contribution in [0.4, 0.5) is 0 Å². The predicted molar refractivity (Wildman–Crippen MR) is 46.2 cm³/mol. The van der Waals surface area contributed by atoms with E-state index in [2.05, 4.69) is 12.7 Å². The van der Waals surface area contributed by atoms with Crippen LogP contribution >= 0.6 is 0 Å². The lowest BCUT2D eigenvalue weighted by Crippen LogP contribution is -2.16. The van der Waals surface area contributed by atoms with Gasteiger partial charge in [0, 0.05) is 7.11 Å². The maximum Gasteiger partial charge on any atom is 0.108 e. The van der Waals surface area contributed by atoms with E-state index in [1.54, 1.807) is 7.11 Å². The average molecular weight is 154 g/mol. The Kier molecular flexibility index (Phi) is 6.54. The summed E-state index contributed by atoms with van der Waals surface area (Å²) in [6, 6.07) is 0. The van der Waals surface area contributed by atoms with E-state index in [0.29, 0.717) is 15.2 Å². The lowest BCUT2D eigenvalue weighted by atomic mass is 10.4. The predicted octanol–water partition coefficient (Wildman–Crippen LogP) is 1.77. The van der Waals surface area contributed by atoms with Crippen molar-refractivity contribution in [3.63, 3.8) is 0 Å². The van der Waals surface area contributed by atoms with Crippen LogP contribution in [0.3, 0.4) is 0 Å². The van der Waals surface area contributed by atoms with Crippen LogP contribution in [0.2, 0.25) is 0 Å². The maximum absolute atomic E-state index is 5.18. The van der Waals surface area contributed by atoms with Gasteiger partial charge in [-0.1, -0.05) is 12.2 Å². The molecule has 0 N–H and O–H groups in total. The fraction of sp³-hybridized carbons (Fsp3) is 0.500. The minimum atomic E-state index is 0.341. The molecule has 0 heterocycles. The molecule has 10 heavy (non-hydrogen) atoms. The summed E-state index contributed by atoms with van der Waals surface area (Å²) >= 11 is 0. The van der Waals surface area contributed by atoms with Crippen LogP contribution in [0.25, 0.3) is 0 Å². The van der Waals surface area contributed by atoms with Crippen molar-refractivity contribution in [3.05, 3.63) is 24.4 Å². The summed E-state index contributed by atoms with van der Waals surface area (Å²) in [5.74, 6) is 0. The second-order valence-electron chi connectivity index (χ2n) is 1.90. The van der Waals surface area contributed by atoms with Gasteiger partial charge >= 0.3 is 0 Å². The van der Waals surface area contributed by atoms with E-state index in [9.17, 15) is 0 Å². The summed E-state index contributed by atoms with van der Waals surface area (Å²) in [7, 11) is 2.45. The Balaban J connectivity index is 3.48. The third kappa shape index (κ3) is 4.53. The highest BCUT2D eigenvalue weighted by Gasteiger charge is 2.01. The number of methoxy groups -OCH3 is 1. The zero-order valence-electron chi connectivity index (χ0n) is 6.63. The standard InChI is InChI=1S/C8H14OSi/c1-4-6-7-8(9-3)10-5-2/h4-6,8H,2,7H2,1,3H3/b6-4+. The van der Waals surface area contributed by atoms with Gasteiger partial charge in [-0.3, -0.25) is 0 Å². The van der Waals surface area contributed by atoms with Gasteiger partial charge in [-0.05, 0) is 13.3 Å². The van der Waals surface area contributed by atoms with E-state index >= 15 is 0 Å². The second kappa shape index (κ2) is 6.77. The Bertz CT molecular complexity index is 110. The maximum atomic E-state index is 5.18. The number of hydrogen-bond donors (Lipinski definition) is 0. The van der Waals surface area contributed by atoms with Crippen LogP contribution in [0.15, 0.2) is 24.4 Å². The molecule has 56 valence electrons. The minimum absolute atomic E-state index is 0.341. The molecule has 2 heteroatoms. The lowest BCUT2D eigenvalue weighted by molar-refractivity contribution is 0.167. The Labute approximate surface area is 65.6 Å². The van der Waals surface area contributed by atoms with Gasteiger partial charge in [0.05, 0.1) is 5.73 Å². The summed E-state index contributed by atoms with van der Waals surface area (Å²) in [5.41, 5.74) is 2.26. The van der Waals surface area contributed by atoms with Crippen molar-refractivity contribution in [2.24, 2.45) is 0 Å². The van der Waals surface area contributed by atoms with Gasteiger partial charge in [0.1, 0.15) is 9.52 Å². The molecule has 0 aliphatic heterocycles. The molecule has 0 amide bonds. The Morgan fingerprint density at radius 1 is 1.70 bits per heavy atom. The van der Waals surface area contributed by atoms with E-state index in [0.717, 1.165) is 6.42 Å². The zero-order chi connectivity index (χ0) is 7.82. The molecule has 1 atom stereocenters. The topological polar surface area (TPSA) is 9.23 Å². The van der Waals surface area contributed by atoms with E-state index < -0.39 is 0 Å². The largest absolute Gasteiger partial charge is 0.385 e. The normalized spacial score (nSPS) is 13.8. The molecule has 0 spiro atoms. The van der Waals surface area contributed by atoms with Crippen molar-refractivity contribution < 1.29 is 4.74 Å². The first-order valence-electron chi connectivity index (χ1n) is 3.36. The molecule has 1 unspecified atom stereocenters. The SMILES string of the molecule is C=C[Si]C(C/C=C/C)OC. The van der Waals surface area contributed by atoms with E-state index in [1.807, 2.05) is 18.7 Å². The van der Waals surface area contributed by atoms with Crippen molar-refractivity contribution >= 4 is 9.52 Å². The van der Waals surface area contributed by atoms with Crippen molar-refractivity contribution in [2.75, 3.05) is 7.11 Å². The van der Waals surface area contributed by atoms with E-state index in [1.165, 1.54) is 0 Å². The summed E-state index contributed by atoms with van der Waals surface area (Å²) in [4.78, 5) is 0.